The second-order valence-corrected chi connectivity index (χ2v) is 6.21. The molecule has 2 N–H and O–H groups in total. The van der Waals surface area contributed by atoms with Crippen LogP contribution >= 0.6 is 0 Å². The molecule has 1 atom stereocenters. The molecular formula is C16H25N3O2. The number of rotatable bonds is 9. The Morgan fingerprint density at radius 1 is 1.43 bits per heavy atom. The molecule has 5 nitrogen and oxygen atoms in total. The van der Waals surface area contributed by atoms with E-state index in [-0.39, 0.29) is 0 Å². The van der Waals surface area contributed by atoms with Gasteiger partial charge in [-0.3, -0.25) is 15.1 Å². The third-order valence-electron chi connectivity index (χ3n) is 4.10. The Balaban J connectivity index is 1.76. The first-order chi connectivity index (χ1) is 9.99. The number of carboxylic acids is 1. The molecule has 1 aromatic heterocycles. The lowest BCUT2D eigenvalue weighted by atomic mass is 9.97. The molecular weight excluding hydrogens is 266 g/mol. The molecule has 116 valence electrons. The molecule has 1 saturated carbocycles. The molecule has 1 aromatic rings. The fourth-order valence-corrected chi connectivity index (χ4v) is 2.31. The van der Waals surface area contributed by atoms with Crippen LogP contribution in [0.15, 0.2) is 24.5 Å². The van der Waals surface area contributed by atoms with Crippen molar-refractivity contribution >= 4 is 5.97 Å². The van der Waals surface area contributed by atoms with Gasteiger partial charge in [0.25, 0.3) is 0 Å². The van der Waals surface area contributed by atoms with Gasteiger partial charge in [-0.15, -0.1) is 0 Å². The Hall–Kier alpha value is -1.46. The summed E-state index contributed by atoms with van der Waals surface area (Å²) >= 11 is 0. The number of hydrogen-bond acceptors (Lipinski definition) is 4. The van der Waals surface area contributed by atoms with Gasteiger partial charge in [0.15, 0.2) is 0 Å². The number of carbonyl (C=O) groups is 1. The molecule has 0 aliphatic heterocycles. The van der Waals surface area contributed by atoms with Crippen LogP contribution in [0.25, 0.3) is 0 Å². The number of nitrogens with one attached hydrogen (secondary N) is 1. The maximum Gasteiger partial charge on any atom is 0.323 e. The average Bonchev–Trinajstić information content (AvgIpc) is 3.27. The minimum absolute atomic E-state index is 0.397. The van der Waals surface area contributed by atoms with Crippen molar-refractivity contribution in [3.63, 3.8) is 0 Å². The lowest BCUT2D eigenvalue weighted by Gasteiger charge is -2.28. The Bertz CT molecular complexity index is 462. The van der Waals surface area contributed by atoms with E-state index in [0.29, 0.717) is 12.5 Å². The first-order valence-corrected chi connectivity index (χ1v) is 7.58. The van der Waals surface area contributed by atoms with E-state index in [1.54, 1.807) is 19.3 Å². The number of aliphatic carboxylic acids is 1. The number of hydrogen-bond donors (Lipinski definition) is 2. The van der Waals surface area contributed by atoms with E-state index in [1.807, 2.05) is 19.2 Å². The summed E-state index contributed by atoms with van der Waals surface area (Å²) in [4.78, 5) is 17.7. The van der Waals surface area contributed by atoms with E-state index in [9.17, 15) is 9.90 Å². The standard InChI is InChI=1S/C16H25N3O2/c1-16(15(20)21,18-14-3-4-14)8-12-19(2)11-7-13-5-9-17-10-6-13/h5-6,9-10,14,18H,3-4,7-8,11-12H2,1-2H3,(H,20,21). The van der Waals surface area contributed by atoms with Crippen LogP contribution in [-0.2, 0) is 11.2 Å². The van der Waals surface area contributed by atoms with Gasteiger partial charge >= 0.3 is 5.97 Å². The molecule has 1 aliphatic rings. The summed E-state index contributed by atoms with van der Waals surface area (Å²) in [6.07, 6.45) is 7.37. The number of aromatic nitrogens is 1. The number of nitrogens with zero attached hydrogens (tertiary/aromatic N) is 2. The second-order valence-electron chi connectivity index (χ2n) is 6.21. The highest BCUT2D eigenvalue weighted by molar-refractivity contribution is 5.78. The van der Waals surface area contributed by atoms with Gasteiger partial charge in [-0.05, 0) is 57.4 Å². The highest BCUT2D eigenvalue weighted by Gasteiger charge is 2.38. The van der Waals surface area contributed by atoms with E-state index in [2.05, 4.69) is 15.2 Å². The van der Waals surface area contributed by atoms with E-state index in [1.165, 1.54) is 5.56 Å². The van der Waals surface area contributed by atoms with Crippen LogP contribution in [0.4, 0.5) is 0 Å². The van der Waals surface area contributed by atoms with Crippen molar-refractivity contribution < 1.29 is 9.90 Å². The molecule has 21 heavy (non-hydrogen) atoms. The minimum atomic E-state index is -0.813. The third-order valence-corrected chi connectivity index (χ3v) is 4.10. The van der Waals surface area contributed by atoms with Gasteiger partial charge in [0.05, 0.1) is 0 Å². The van der Waals surface area contributed by atoms with Gasteiger partial charge in [-0.2, -0.15) is 0 Å². The zero-order chi connectivity index (χ0) is 15.3. The molecule has 2 rings (SSSR count). The third kappa shape index (κ3) is 5.10. The molecule has 1 unspecified atom stereocenters. The fourth-order valence-electron chi connectivity index (χ4n) is 2.31. The Kier molecular flexibility index (Phi) is 5.31. The van der Waals surface area contributed by atoms with Gasteiger partial charge < -0.3 is 10.0 Å². The van der Waals surface area contributed by atoms with E-state index >= 15 is 0 Å². The van der Waals surface area contributed by atoms with Crippen LogP contribution in [0, 0.1) is 0 Å². The summed E-state index contributed by atoms with van der Waals surface area (Å²) < 4.78 is 0. The summed E-state index contributed by atoms with van der Waals surface area (Å²) in [5, 5.41) is 12.7. The molecule has 0 saturated heterocycles. The predicted octanol–water partition coefficient (Wildman–Crippen LogP) is 1.54. The second kappa shape index (κ2) is 7.00. The Morgan fingerprint density at radius 2 is 2.10 bits per heavy atom. The van der Waals surface area contributed by atoms with E-state index in [0.717, 1.165) is 32.4 Å². The van der Waals surface area contributed by atoms with Gasteiger partial charge in [0.2, 0.25) is 0 Å². The maximum absolute atomic E-state index is 11.5. The SMILES string of the molecule is CN(CCc1ccncc1)CCC(C)(NC1CC1)C(=O)O. The van der Waals surface area contributed by atoms with Crippen molar-refractivity contribution in [2.45, 2.75) is 44.2 Å². The zero-order valence-electron chi connectivity index (χ0n) is 12.9. The quantitative estimate of drug-likeness (QED) is 0.722. The summed E-state index contributed by atoms with van der Waals surface area (Å²) in [6, 6.07) is 4.43. The Morgan fingerprint density at radius 3 is 2.67 bits per heavy atom. The van der Waals surface area contributed by atoms with Crippen LogP contribution < -0.4 is 5.32 Å². The van der Waals surface area contributed by atoms with Crippen molar-refractivity contribution in [1.82, 2.24) is 15.2 Å². The van der Waals surface area contributed by atoms with Gasteiger partial charge in [-0.25, -0.2) is 0 Å². The lowest BCUT2D eigenvalue weighted by molar-refractivity contribution is -0.144. The molecule has 5 heteroatoms. The van der Waals surface area contributed by atoms with Crippen LogP contribution in [0.5, 0.6) is 0 Å². The van der Waals surface area contributed by atoms with E-state index in [4.69, 9.17) is 0 Å². The summed E-state index contributed by atoms with van der Waals surface area (Å²) in [6.45, 7) is 3.49. The molecule has 0 radical (unpaired) electrons. The molecule has 1 fully saturated rings. The van der Waals surface area contributed by atoms with Crippen molar-refractivity contribution in [2.24, 2.45) is 0 Å². The molecule has 0 spiro atoms. The van der Waals surface area contributed by atoms with Crippen molar-refractivity contribution in [2.75, 3.05) is 20.1 Å². The molecule has 0 bridgehead atoms. The van der Waals surface area contributed by atoms with Crippen LogP contribution in [-0.4, -0.2) is 52.7 Å². The van der Waals surface area contributed by atoms with Gasteiger partial charge in [0, 0.05) is 31.5 Å². The topological polar surface area (TPSA) is 65.5 Å². The number of pyridine rings is 1. The lowest BCUT2D eigenvalue weighted by Crippen LogP contribution is -2.52. The molecule has 1 aliphatic carbocycles. The number of carboxylic acid groups (broad SMARTS) is 1. The molecule has 1 heterocycles. The minimum Gasteiger partial charge on any atom is -0.480 e. The first kappa shape index (κ1) is 15.9. The highest BCUT2D eigenvalue weighted by atomic mass is 16.4. The van der Waals surface area contributed by atoms with Gasteiger partial charge in [-0.1, -0.05) is 0 Å². The smallest absolute Gasteiger partial charge is 0.323 e. The fraction of sp³-hybridized carbons (Fsp3) is 0.625. The molecule has 0 aromatic carbocycles. The normalized spacial score (nSPS) is 17.7. The average molecular weight is 291 g/mol. The monoisotopic (exact) mass is 291 g/mol. The molecule has 0 amide bonds. The van der Waals surface area contributed by atoms with Gasteiger partial charge in [0.1, 0.15) is 5.54 Å². The Labute approximate surface area is 126 Å². The summed E-state index contributed by atoms with van der Waals surface area (Å²) in [7, 11) is 2.04. The van der Waals surface area contributed by atoms with Crippen LogP contribution in [0.3, 0.4) is 0 Å². The van der Waals surface area contributed by atoms with E-state index < -0.39 is 11.5 Å². The zero-order valence-corrected chi connectivity index (χ0v) is 12.9. The maximum atomic E-state index is 11.5. The first-order valence-electron chi connectivity index (χ1n) is 7.58. The largest absolute Gasteiger partial charge is 0.480 e. The summed E-state index contributed by atoms with van der Waals surface area (Å²) in [5.74, 6) is -0.753. The van der Waals surface area contributed by atoms with Crippen LogP contribution in [0.2, 0.25) is 0 Å². The number of likely N-dealkylation sites (N-methyl/N-ethyl adjacent to an activating group) is 1. The summed E-state index contributed by atoms with van der Waals surface area (Å²) in [5.41, 5.74) is 0.445. The highest BCUT2D eigenvalue weighted by Crippen LogP contribution is 2.24. The van der Waals surface area contributed by atoms with Crippen molar-refractivity contribution in [3.05, 3.63) is 30.1 Å². The van der Waals surface area contributed by atoms with Crippen molar-refractivity contribution in [1.29, 1.82) is 0 Å². The predicted molar refractivity (Wildman–Crippen MR) is 82.3 cm³/mol. The van der Waals surface area contributed by atoms with Crippen LogP contribution in [0.1, 0.15) is 31.7 Å². The van der Waals surface area contributed by atoms with Crippen molar-refractivity contribution in [3.8, 4) is 0 Å².